The van der Waals surface area contributed by atoms with Gasteiger partial charge in [0.25, 0.3) is 0 Å². The van der Waals surface area contributed by atoms with Crippen LogP contribution in [-0.4, -0.2) is 17.3 Å². The molecule has 3 aromatic carbocycles. The summed E-state index contributed by atoms with van der Waals surface area (Å²) >= 11 is 2.08. The van der Waals surface area contributed by atoms with E-state index in [0.717, 1.165) is 13.0 Å². The Morgan fingerprint density at radius 2 is 1.59 bits per heavy atom. The molecule has 0 saturated carbocycles. The van der Waals surface area contributed by atoms with E-state index in [1.54, 1.807) is 0 Å². The highest BCUT2D eigenvalue weighted by atomic mass is 32.2. The fraction of sp³-hybridized carbons (Fsp3) is 0.269. The summed E-state index contributed by atoms with van der Waals surface area (Å²) in [6.45, 7) is 0.722. The molecule has 0 unspecified atom stereocenters. The largest absolute Gasteiger partial charge is 0.343 e. The minimum atomic E-state index is 0.177. The van der Waals surface area contributed by atoms with Crippen LogP contribution < -0.4 is 5.32 Å². The molecule has 0 atom stereocenters. The van der Waals surface area contributed by atoms with Crippen LogP contribution in [0.3, 0.4) is 0 Å². The molecule has 2 aliphatic rings. The highest BCUT2D eigenvalue weighted by Gasteiger charge is 2.41. The van der Waals surface area contributed by atoms with Gasteiger partial charge in [-0.1, -0.05) is 66.7 Å². The summed E-state index contributed by atoms with van der Waals surface area (Å²) in [7, 11) is 0. The lowest BCUT2D eigenvalue weighted by atomic mass is 9.73. The molecule has 146 valence electrons. The van der Waals surface area contributed by atoms with Crippen molar-refractivity contribution in [1.29, 1.82) is 0 Å². The van der Waals surface area contributed by atoms with E-state index in [2.05, 4.69) is 95.9 Å². The third-order valence-corrected chi connectivity index (χ3v) is 7.19. The van der Waals surface area contributed by atoms with Crippen molar-refractivity contribution < 1.29 is 0 Å². The molecule has 2 nitrogen and oxygen atoms in total. The molecular weight excluding hydrogens is 372 g/mol. The number of aliphatic imine (C=N–C) groups is 1. The van der Waals surface area contributed by atoms with Crippen molar-refractivity contribution in [1.82, 2.24) is 0 Å². The van der Waals surface area contributed by atoms with Crippen molar-refractivity contribution in [2.24, 2.45) is 10.4 Å². The van der Waals surface area contributed by atoms with Crippen molar-refractivity contribution in [3.8, 4) is 11.1 Å². The van der Waals surface area contributed by atoms with E-state index in [1.165, 1.54) is 58.1 Å². The number of thioether (sulfide) groups is 1. The standard InChI is InChI=1S/C26H26N2S/c1-2-8-21(9-3-1)22-11-6-7-20(17-22)19-27-25-26(13-15-29-16-14-26)18-23-10-4-5-12-24(23)28-25/h1-12,17H,13-16,18-19H2,(H,27,28). The highest BCUT2D eigenvalue weighted by Crippen LogP contribution is 2.44. The van der Waals surface area contributed by atoms with E-state index in [4.69, 9.17) is 4.99 Å². The summed E-state index contributed by atoms with van der Waals surface area (Å²) < 4.78 is 0. The zero-order valence-electron chi connectivity index (χ0n) is 16.6. The quantitative estimate of drug-likeness (QED) is 0.549. The normalized spacial score (nSPS) is 19.0. The second kappa shape index (κ2) is 8.08. The average Bonchev–Trinajstić information content (AvgIpc) is 2.79. The molecule has 0 amide bonds. The van der Waals surface area contributed by atoms with Crippen LogP contribution in [0.2, 0.25) is 0 Å². The zero-order valence-corrected chi connectivity index (χ0v) is 17.4. The van der Waals surface area contributed by atoms with E-state index in [1.807, 2.05) is 0 Å². The van der Waals surface area contributed by atoms with E-state index in [0.29, 0.717) is 0 Å². The maximum Gasteiger partial charge on any atom is 0.108 e. The van der Waals surface area contributed by atoms with Gasteiger partial charge >= 0.3 is 0 Å². The molecule has 1 fully saturated rings. The Morgan fingerprint density at radius 3 is 2.45 bits per heavy atom. The predicted molar refractivity (Wildman–Crippen MR) is 126 cm³/mol. The fourth-order valence-electron chi connectivity index (χ4n) is 4.54. The second-order valence-corrected chi connectivity index (χ2v) is 9.31. The molecule has 0 aromatic heterocycles. The molecule has 0 radical (unpaired) electrons. The van der Waals surface area contributed by atoms with E-state index in [-0.39, 0.29) is 5.41 Å². The highest BCUT2D eigenvalue weighted by molar-refractivity contribution is 7.99. The Balaban J connectivity index is 1.44. The van der Waals surface area contributed by atoms with Crippen LogP contribution >= 0.6 is 11.8 Å². The van der Waals surface area contributed by atoms with Crippen molar-refractivity contribution >= 4 is 23.3 Å². The molecule has 3 heteroatoms. The number of hydrogen-bond acceptors (Lipinski definition) is 2. The Morgan fingerprint density at radius 1 is 0.828 bits per heavy atom. The summed E-state index contributed by atoms with van der Waals surface area (Å²) in [5, 5.41) is 3.71. The summed E-state index contributed by atoms with van der Waals surface area (Å²) in [5.41, 5.74) is 6.62. The van der Waals surface area contributed by atoms with Crippen LogP contribution in [0.15, 0.2) is 83.9 Å². The third-order valence-electron chi connectivity index (χ3n) is 6.21. The fourth-order valence-corrected chi connectivity index (χ4v) is 5.81. The molecule has 5 rings (SSSR count). The van der Waals surface area contributed by atoms with Crippen molar-refractivity contribution in [2.75, 3.05) is 16.8 Å². The number of anilines is 1. The van der Waals surface area contributed by atoms with E-state index >= 15 is 0 Å². The topological polar surface area (TPSA) is 24.4 Å². The first-order valence-corrected chi connectivity index (χ1v) is 11.6. The smallest absolute Gasteiger partial charge is 0.108 e. The Hall–Kier alpha value is -2.52. The molecular formula is C26H26N2S. The number of nitrogens with one attached hydrogen (secondary N) is 1. The van der Waals surface area contributed by atoms with Gasteiger partial charge in [0.05, 0.1) is 6.54 Å². The van der Waals surface area contributed by atoms with Gasteiger partial charge in [-0.25, -0.2) is 0 Å². The zero-order chi connectivity index (χ0) is 19.5. The maximum absolute atomic E-state index is 5.16. The van der Waals surface area contributed by atoms with Crippen LogP contribution in [0.25, 0.3) is 11.1 Å². The monoisotopic (exact) mass is 398 g/mol. The molecule has 1 spiro atoms. The van der Waals surface area contributed by atoms with Crippen LogP contribution in [-0.2, 0) is 13.0 Å². The number of nitrogens with zero attached hydrogens (tertiary/aromatic N) is 1. The molecule has 1 N–H and O–H groups in total. The van der Waals surface area contributed by atoms with Crippen molar-refractivity contribution in [3.63, 3.8) is 0 Å². The third kappa shape index (κ3) is 3.84. The van der Waals surface area contributed by atoms with Crippen LogP contribution in [0.5, 0.6) is 0 Å². The van der Waals surface area contributed by atoms with Crippen LogP contribution in [0, 0.1) is 5.41 Å². The maximum atomic E-state index is 5.16. The van der Waals surface area contributed by atoms with Crippen molar-refractivity contribution in [2.45, 2.75) is 25.8 Å². The van der Waals surface area contributed by atoms with Gasteiger partial charge in [0.1, 0.15) is 5.84 Å². The predicted octanol–water partition coefficient (Wildman–Crippen LogP) is 6.43. The molecule has 1 saturated heterocycles. The van der Waals surface area contributed by atoms with E-state index in [9.17, 15) is 0 Å². The number of rotatable bonds is 3. The van der Waals surface area contributed by atoms with Gasteiger partial charge in [0.15, 0.2) is 0 Å². The molecule has 2 aliphatic heterocycles. The van der Waals surface area contributed by atoms with Gasteiger partial charge in [-0.05, 0) is 65.2 Å². The number of fused-ring (bicyclic) bond motifs is 1. The number of benzene rings is 3. The van der Waals surface area contributed by atoms with Crippen LogP contribution in [0.4, 0.5) is 5.69 Å². The minimum Gasteiger partial charge on any atom is -0.343 e. The van der Waals surface area contributed by atoms with E-state index < -0.39 is 0 Å². The number of para-hydroxylation sites is 1. The number of amidine groups is 1. The van der Waals surface area contributed by atoms with Gasteiger partial charge in [0, 0.05) is 11.1 Å². The molecule has 0 aliphatic carbocycles. The molecule has 2 heterocycles. The first-order chi connectivity index (χ1) is 14.3. The SMILES string of the molecule is c1ccc(-c2cccc(CN=C3Nc4ccccc4CC34CCSCC4)c2)cc1. The summed E-state index contributed by atoms with van der Waals surface area (Å²) in [5.74, 6) is 3.65. The summed E-state index contributed by atoms with van der Waals surface area (Å²) in [6, 6.07) is 28.1. The van der Waals surface area contributed by atoms with Gasteiger partial charge in [0.2, 0.25) is 0 Å². The van der Waals surface area contributed by atoms with Crippen molar-refractivity contribution in [3.05, 3.63) is 90.0 Å². The molecule has 3 aromatic rings. The Bertz CT molecular complexity index is 1020. The summed E-state index contributed by atoms with van der Waals surface area (Å²) in [4.78, 5) is 5.16. The van der Waals surface area contributed by atoms with Gasteiger partial charge in [-0.2, -0.15) is 11.8 Å². The van der Waals surface area contributed by atoms with Gasteiger partial charge in [-0.15, -0.1) is 0 Å². The van der Waals surface area contributed by atoms with Gasteiger partial charge < -0.3 is 5.32 Å². The minimum absolute atomic E-state index is 0.177. The first-order valence-electron chi connectivity index (χ1n) is 10.4. The average molecular weight is 399 g/mol. The number of hydrogen-bond donors (Lipinski definition) is 1. The molecule has 29 heavy (non-hydrogen) atoms. The van der Waals surface area contributed by atoms with Gasteiger partial charge in [-0.3, -0.25) is 4.99 Å². The Labute approximate surface area is 177 Å². The first kappa shape index (κ1) is 18.5. The second-order valence-electron chi connectivity index (χ2n) is 8.08. The lowest BCUT2D eigenvalue weighted by Crippen LogP contribution is -2.44. The Kier molecular flexibility index (Phi) is 5.15. The lowest BCUT2D eigenvalue weighted by molar-refractivity contribution is 0.377. The lowest BCUT2D eigenvalue weighted by Gasteiger charge is -2.42. The van der Waals surface area contributed by atoms with Crippen LogP contribution in [0.1, 0.15) is 24.0 Å². The summed E-state index contributed by atoms with van der Waals surface area (Å²) in [6.07, 6.45) is 3.53. The molecule has 0 bridgehead atoms.